The van der Waals surface area contributed by atoms with Crippen molar-refractivity contribution in [1.29, 1.82) is 0 Å². The van der Waals surface area contributed by atoms with E-state index in [-0.39, 0.29) is 11.5 Å². The normalized spacial score (nSPS) is 15.2. The van der Waals surface area contributed by atoms with Crippen LogP contribution in [0.15, 0.2) is 57.9 Å². The minimum atomic E-state index is -1.08. The van der Waals surface area contributed by atoms with Gasteiger partial charge in [0.1, 0.15) is 11.5 Å². The molecule has 1 aromatic heterocycles. The molecule has 9 heteroatoms. The fourth-order valence-corrected chi connectivity index (χ4v) is 4.59. The van der Waals surface area contributed by atoms with Gasteiger partial charge in [-0.1, -0.05) is 53.2 Å². The van der Waals surface area contributed by atoms with Crippen LogP contribution in [0.2, 0.25) is 10.0 Å². The van der Waals surface area contributed by atoms with Gasteiger partial charge in [0.25, 0.3) is 5.91 Å². The van der Waals surface area contributed by atoms with Crippen molar-refractivity contribution < 1.29 is 19.1 Å². The Balaban J connectivity index is 1.64. The highest BCUT2D eigenvalue weighted by molar-refractivity contribution is 8.27. The summed E-state index contributed by atoms with van der Waals surface area (Å²) in [6, 6.07) is 13.3. The summed E-state index contributed by atoms with van der Waals surface area (Å²) < 4.78 is 6.16. The van der Waals surface area contributed by atoms with Gasteiger partial charge in [-0.25, -0.2) is 4.79 Å². The van der Waals surface area contributed by atoms with Crippen LogP contribution in [0.5, 0.6) is 0 Å². The fraction of sp³-hybridized carbons (Fsp3) is 0.0455. The molecule has 2 aromatic carbocycles. The van der Waals surface area contributed by atoms with Gasteiger partial charge in [0.2, 0.25) is 0 Å². The van der Waals surface area contributed by atoms with Crippen molar-refractivity contribution in [3.63, 3.8) is 0 Å². The Morgan fingerprint density at radius 3 is 2.61 bits per heavy atom. The predicted molar refractivity (Wildman–Crippen MR) is 128 cm³/mol. The summed E-state index contributed by atoms with van der Waals surface area (Å²) in [7, 11) is 0. The predicted octanol–water partition coefficient (Wildman–Crippen LogP) is 6.67. The van der Waals surface area contributed by atoms with Crippen LogP contribution in [0.25, 0.3) is 17.4 Å². The Bertz CT molecular complexity index is 1280. The van der Waals surface area contributed by atoms with E-state index in [2.05, 4.69) is 0 Å². The van der Waals surface area contributed by atoms with Crippen LogP contribution in [0, 0.1) is 6.92 Å². The number of rotatable bonds is 4. The molecule has 2 heterocycles. The van der Waals surface area contributed by atoms with E-state index < -0.39 is 5.97 Å². The Morgan fingerprint density at radius 1 is 1.13 bits per heavy atom. The van der Waals surface area contributed by atoms with Crippen molar-refractivity contribution in [2.75, 3.05) is 4.90 Å². The summed E-state index contributed by atoms with van der Waals surface area (Å²) in [5.41, 5.74) is 2.02. The SMILES string of the molecule is Cc1ccc(C(=O)O)cc1N1C(=O)/C(=C\c2ccc(-c3ccc(Cl)c(Cl)c3)o2)SC1=S. The summed E-state index contributed by atoms with van der Waals surface area (Å²) in [5.74, 6) is -0.372. The Kier molecular flexibility index (Phi) is 5.94. The van der Waals surface area contributed by atoms with Crippen LogP contribution in [0.1, 0.15) is 21.7 Å². The van der Waals surface area contributed by atoms with Crippen LogP contribution in [-0.4, -0.2) is 21.3 Å². The van der Waals surface area contributed by atoms with Crippen molar-refractivity contribution in [2.24, 2.45) is 0 Å². The lowest BCUT2D eigenvalue weighted by Crippen LogP contribution is -2.28. The van der Waals surface area contributed by atoms with Crippen molar-refractivity contribution in [2.45, 2.75) is 6.92 Å². The number of nitrogens with zero attached hydrogens (tertiary/aromatic N) is 1. The number of hydrogen-bond donors (Lipinski definition) is 1. The van der Waals surface area contributed by atoms with Gasteiger partial charge in [0, 0.05) is 11.6 Å². The number of thioether (sulfide) groups is 1. The van der Waals surface area contributed by atoms with Crippen molar-refractivity contribution in [3.8, 4) is 11.3 Å². The molecule has 0 saturated carbocycles. The number of furan rings is 1. The van der Waals surface area contributed by atoms with Crippen molar-refractivity contribution in [3.05, 3.63) is 80.4 Å². The number of aromatic carboxylic acids is 1. The number of thiocarbonyl (C=S) groups is 1. The zero-order chi connectivity index (χ0) is 22.3. The van der Waals surface area contributed by atoms with E-state index in [9.17, 15) is 14.7 Å². The quantitative estimate of drug-likeness (QED) is 0.326. The van der Waals surface area contributed by atoms with E-state index in [0.29, 0.717) is 36.5 Å². The van der Waals surface area contributed by atoms with Gasteiger partial charge in [-0.15, -0.1) is 0 Å². The molecular weight excluding hydrogens is 477 g/mol. The molecule has 1 N–H and O–H groups in total. The summed E-state index contributed by atoms with van der Waals surface area (Å²) in [6.45, 7) is 1.79. The van der Waals surface area contributed by atoms with E-state index in [1.165, 1.54) is 17.0 Å². The molecule has 0 aliphatic carbocycles. The molecule has 0 spiro atoms. The second-order valence-electron chi connectivity index (χ2n) is 6.65. The Labute approximate surface area is 197 Å². The first-order valence-corrected chi connectivity index (χ1v) is 10.9. The third-order valence-corrected chi connectivity index (χ3v) is 6.64. The topological polar surface area (TPSA) is 70.8 Å². The second kappa shape index (κ2) is 8.51. The van der Waals surface area contributed by atoms with Gasteiger partial charge in [-0.05, 0) is 55.0 Å². The summed E-state index contributed by atoms with van der Waals surface area (Å²) in [4.78, 5) is 26.1. The first-order chi connectivity index (χ1) is 14.7. The number of carbonyl (C=O) groups excluding carboxylic acids is 1. The molecule has 5 nitrogen and oxygen atoms in total. The maximum atomic E-state index is 13.0. The molecule has 156 valence electrons. The second-order valence-corrected chi connectivity index (χ2v) is 9.14. The van der Waals surface area contributed by atoms with E-state index in [1.54, 1.807) is 49.4 Å². The zero-order valence-corrected chi connectivity index (χ0v) is 19.0. The zero-order valence-electron chi connectivity index (χ0n) is 15.9. The molecular formula is C22H13Cl2NO4S2. The maximum Gasteiger partial charge on any atom is 0.335 e. The van der Waals surface area contributed by atoms with Gasteiger partial charge >= 0.3 is 5.97 Å². The van der Waals surface area contributed by atoms with E-state index in [4.69, 9.17) is 39.8 Å². The van der Waals surface area contributed by atoms with Gasteiger partial charge < -0.3 is 9.52 Å². The highest BCUT2D eigenvalue weighted by Gasteiger charge is 2.34. The fourth-order valence-electron chi connectivity index (χ4n) is 3.02. The van der Waals surface area contributed by atoms with Crippen LogP contribution in [0.4, 0.5) is 5.69 Å². The highest BCUT2D eigenvalue weighted by atomic mass is 35.5. The molecule has 0 bridgehead atoms. The molecule has 31 heavy (non-hydrogen) atoms. The Hall–Kier alpha value is -2.58. The average Bonchev–Trinajstić information content (AvgIpc) is 3.29. The van der Waals surface area contributed by atoms with Crippen LogP contribution >= 0.6 is 47.2 Å². The molecule has 1 amide bonds. The molecule has 1 saturated heterocycles. The molecule has 1 aliphatic heterocycles. The minimum absolute atomic E-state index is 0.0796. The lowest BCUT2D eigenvalue weighted by Gasteiger charge is -2.17. The van der Waals surface area contributed by atoms with Crippen molar-refractivity contribution in [1.82, 2.24) is 0 Å². The first kappa shape index (κ1) is 21.6. The van der Waals surface area contributed by atoms with E-state index in [1.807, 2.05) is 0 Å². The third-order valence-electron chi connectivity index (χ3n) is 4.59. The molecule has 1 aliphatic rings. The third kappa shape index (κ3) is 4.27. The maximum absolute atomic E-state index is 13.0. The lowest BCUT2D eigenvalue weighted by molar-refractivity contribution is -0.113. The Morgan fingerprint density at radius 2 is 1.90 bits per heavy atom. The number of amides is 1. The molecule has 0 radical (unpaired) electrons. The van der Waals surface area contributed by atoms with Crippen molar-refractivity contribution >= 4 is 75.1 Å². The molecule has 1 fully saturated rings. The number of carbonyl (C=O) groups is 2. The van der Waals surface area contributed by atoms with E-state index >= 15 is 0 Å². The van der Waals surface area contributed by atoms with Crippen LogP contribution in [0.3, 0.4) is 0 Å². The molecule has 4 rings (SSSR count). The summed E-state index contributed by atoms with van der Waals surface area (Å²) in [6.07, 6.45) is 1.61. The summed E-state index contributed by atoms with van der Waals surface area (Å²) >= 11 is 18.5. The largest absolute Gasteiger partial charge is 0.478 e. The number of anilines is 1. The summed E-state index contributed by atoms with van der Waals surface area (Å²) in [5, 5.41) is 10.1. The number of aryl methyl sites for hydroxylation is 1. The van der Waals surface area contributed by atoms with Gasteiger partial charge in [0.05, 0.1) is 26.2 Å². The van der Waals surface area contributed by atoms with Gasteiger partial charge in [-0.3, -0.25) is 9.69 Å². The number of benzene rings is 2. The minimum Gasteiger partial charge on any atom is -0.478 e. The number of carboxylic acids is 1. The van der Waals surface area contributed by atoms with Gasteiger partial charge in [-0.2, -0.15) is 0 Å². The molecule has 3 aromatic rings. The molecule has 0 unspecified atom stereocenters. The average molecular weight is 490 g/mol. The lowest BCUT2D eigenvalue weighted by atomic mass is 10.1. The standard InChI is InChI=1S/C22H13Cl2NO4S2/c1-11-2-3-13(21(27)28)9-17(11)25-20(26)19(31-22(25)30)10-14-5-7-18(29-14)12-4-6-15(23)16(24)8-12/h2-10H,1H3,(H,27,28)/b19-10+. The number of carboxylic acid groups (broad SMARTS) is 1. The number of halogens is 2. The van der Waals surface area contributed by atoms with Crippen LogP contribution < -0.4 is 4.90 Å². The van der Waals surface area contributed by atoms with Gasteiger partial charge in [0.15, 0.2) is 4.32 Å². The van der Waals surface area contributed by atoms with E-state index in [0.717, 1.165) is 22.9 Å². The first-order valence-electron chi connectivity index (χ1n) is 8.92. The van der Waals surface area contributed by atoms with Crippen LogP contribution in [-0.2, 0) is 4.79 Å². The smallest absolute Gasteiger partial charge is 0.335 e. The monoisotopic (exact) mass is 489 g/mol. The highest BCUT2D eigenvalue weighted by Crippen LogP contribution is 2.38. The molecule has 0 atom stereocenters. The number of hydrogen-bond acceptors (Lipinski definition) is 5.